The van der Waals surface area contributed by atoms with Gasteiger partial charge in [-0.15, -0.1) is 0 Å². The number of carbonyl (C=O) groups excluding carboxylic acids is 1. The zero-order valence-electron chi connectivity index (χ0n) is 17.5. The molecule has 1 unspecified atom stereocenters. The standard InChI is InChI=1S/C22H30N4O3/c1-25-19-9-7-16(23-14-15-6-8-17(28-2)13-20(15)29-3)12-18(19)21(24-25)22(27)26-10-4-5-11-26/h6,8,13,16,23H,4-5,7,9-12,14H2,1-3H3. The normalized spacial score (nSPS) is 18.6. The molecule has 0 spiro atoms. The second kappa shape index (κ2) is 8.45. The molecule has 0 bridgehead atoms. The Bertz CT molecular complexity index is 886. The molecule has 1 saturated heterocycles. The SMILES string of the molecule is COc1ccc(CNC2CCc3c(c(C(=O)N4CCCC4)nn3C)C2)c(OC)c1. The van der Waals surface area contributed by atoms with Crippen LogP contribution in [-0.4, -0.2) is 53.9 Å². The average Bonchev–Trinajstić information content (AvgIpc) is 3.40. The highest BCUT2D eigenvalue weighted by molar-refractivity contribution is 5.94. The number of rotatable bonds is 6. The van der Waals surface area contributed by atoms with E-state index in [9.17, 15) is 4.79 Å². The summed E-state index contributed by atoms with van der Waals surface area (Å²) in [6.45, 7) is 2.41. The van der Waals surface area contributed by atoms with Gasteiger partial charge >= 0.3 is 0 Å². The summed E-state index contributed by atoms with van der Waals surface area (Å²) in [5.74, 6) is 1.70. The molecule has 7 nitrogen and oxygen atoms in total. The third kappa shape index (κ3) is 3.96. The average molecular weight is 399 g/mol. The van der Waals surface area contributed by atoms with Crippen LogP contribution in [-0.2, 0) is 26.4 Å². The van der Waals surface area contributed by atoms with E-state index in [1.807, 2.05) is 34.8 Å². The molecule has 4 rings (SSSR count). The van der Waals surface area contributed by atoms with Gasteiger partial charge < -0.3 is 19.7 Å². The molecule has 2 aromatic rings. The summed E-state index contributed by atoms with van der Waals surface area (Å²) in [5, 5.41) is 8.25. The van der Waals surface area contributed by atoms with E-state index in [2.05, 4.69) is 10.4 Å². The van der Waals surface area contributed by atoms with Crippen LogP contribution >= 0.6 is 0 Å². The fourth-order valence-corrected chi connectivity index (χ4v) is 4.46. The molecular weight excluding hydrogens is 368 g/mol. The minimum atomic E-state index is 0.0943. The van der Waals surface area contributed by atoms with Crippen LogP contribution in [0.4, 0.5) is 0 Å². The summed E-state index contributed by atoms with van der Waals surface area (Å²) in [6, 6.07) is 6.20. The predicted molar refractivity (Wildman–Crippen MR) is 111 cm³/mol. The number of fused-ring (bicyclic) bond motifs is 1. The molecule has 2 heterocycles. The lowest BCUT2D eigenvalue weighted by molar-refractivity contribution is 0.0785. The minimum Gasteiger partial charge on any atom is -0.497 e. The molecule has 7 heteroatoms. The van der Waals surface area contributed by atoms with Crippen molar-refractivity contribution in [2.45, 2.75) is 44.7 Å². The summed E-state index contributed by atoms with van der Waals surface area (Å²) >= 11 is 0. The fourth-order valence-electron chi connectivity index (χ4n) is 4.46. The molecule has 1 aromatic carbocycles. The van der Waals surface area contributed by atoms with Crippen LogP contribution in [0.25, 0.3) is 0 Å². The Morgan fingerprint density at radius 2 is 2.03 bits per heavy atom. The van der Waals surface area contributed by atoms with Crippen molar-refractivity contribution in [3.8, 4) is 11.5 Å². The number of benzene rings is 1. The molecular formula is C22H30N4O3. The number of aryl methyl sites for hydroxylation is 1. The molecule has 0 saturated carbocycles. The van der Waals surface area contributed by atoms with Gasteiger partial charge in [0.2, 0.25) is 0 Å². The number of ether oxygens (including phenoxy) is 2. The predicted octanol–water partition coefficient (Wildman–Crippen LogP) is 2.32. The second-order valence-electron chi connectivity index (χ2n) is 7.90. The molecule has 156 valence electrons. The molecule has 1 aromatic heterocycles. The molecule has 1 amide bonds. The van der Waals surface area contributed by atoms with Gasteiger partial charge in [0.15, 0.2) is 5.69 Å². The summed E-state index contributed by atoms with van der Waals surface area (Å²) in [4.78, 5) is 14.9. The van der Waals surface area contributed by atoms with E-state index in [0.29, 0.717) is 18.3 Å². The molecule has 1 fully saturated rings. The molecule has 0 radical (unpaired) electrons. The molecule has 1 aliphatic heterocycles. The number of likely N-dealkylation sites (tertiary alicyclic amines) is 1. The topological polar surface area (TPSA) is 68.6 Å². The van der Waals surface area contributed by atoms with Crippen LogP contribution in [0.1, 0.15) is 46.6 Å². The quantitative estimate of drug-likeness (QED) is 0.809. The van der Waals surface area contributed by atoms with Gasteiger partial charge in [-0.05, 0) is 38.2 Å². The van der Waals surface area contributed by atoms with Gasteiger partial charge in [0.1, 0.15) is 11.5 Å². The Balaban J connectivity index is 1.47. The number of carbonyl (C=O) groups is 1. The van der Waals surface area contributed by atoms with Gasteiger partial charge in [-0.2, -0.15) is 5.10 Å². The van der Waals surface area contributed by atoms with Crippen molar-refractivity contribution >= 4 is 5.91 Å². The fraction of sp³-hybridized carbons (Fsp3) is 0.545. The summed E-state index contributed by atoms with van der Waals surface area (Å²) < 4.78 is 12.7. The molecule has 29 heavy (non-hydrogen) atoms. The van der Waals surface area contributed by atoms with Crippen molar-refractivity contribution in [3.05, 3.63) is 40.7 Å². The Morgan fingerprint density at radius 3 is 2.76 bits per heavy atom. The van der Waals surface area contributed by atoms with Gasteiger partial charge in [0.25, 0.3) is 5.91 Å². The van der Waals surface area contributed by atoms with Gasteiger partial charge in [0, 0.05) is 55.6 Å². The number of methoxy groups -OCH3 is 2. The summed E-state index contributed by atoms with van der Waals surface area (Å²) in [5.41, 5.74) is 4.07. The van der Waals surface area contributed by atoms with E-state index in [-0.39, 0.29) is 5.91 Å². The van der Waals surface area contributed by atoms with Crippen molar-refractivity contribution in [2.75, 3.05) is 27.3 Å². The van der Waals surface area contributed by atoms with Crippen LogP contribution in [0.15, 0.2) is 18.2 Å². The maximum Gasteiger partial charge on any atom is 0.274 e. The monoisotopic (exact) mass is 398 g/mol. The Morgan fingerprint density at radius 1 is 1.24 bits per heavy atom. The van der Waals surface area contributed by atoms with Gasteiger partial charge in [-0.1, -0.05) is 6.07 Å². The third-order valence-electron chi connectivity index (χ3n) is 6.13. The Labute approximate surface area is 172 Å². The first-order valence-electron chi connectivity index (χ1n) is 10.4. The maximum absolute atomic E-state index is 13.0. The van der Waals surface area contributed by atoms with Crippen LogP contribution in [0.2, 0.25) is 0 Å². The maximum atomic E-state index is 13.0. The number of nitrogens with one attached hydrogen (secondary N) is 1. The van der Waals surface area contributed by atoms with Crippen molar-refractivity contribution in [3.63, 3.8) is 0 Å². The number of hydrogen-bond donors (Lipinski definition) is 1. The number of hydrogen-bond acceptors (Lipinski definition) is 5. The molecule has 1 atom stereocenters. The summed E-state index contributed by atoms with van der Waals surface area (Å²) in [7, 11) is 5.29. The van der Waals surface area contributed by atoms with Crippen LogP contribution in [0, 0.1) is 0 Å². The highest BCUT2D eigenvalue weighted by atomic mass is 16.5. The highest BCUT2D eigenvalue weighted by Gasteiger charge is 2.31. The van der Waals surface area contributed by atoms with Crippen LogP contribution < -0.4 is 14.8 Å². The van der Waals surface area contributed by atoms with E-state index in [0.717, 1.165) is 67.8 Å². The van der Waals surface area contributed by atoms with E-state index in [1.165, 1.54) is 5.69 Å². The smallest absolute Gasteiger partial charge is 0.274 e. The zero-order chi connectivity index (χ0) is 20.4. The van der Waals surface area contributed by atoms with E-state index >= 15 is 0 Å². The first kappa shape index (κ1) is 19.8. The number of nitrogens with zero attached hydrogens (tertiary/aromatic N) is 3. The largest absolute Gasteiger partial charge is 0.497 e. The van der Waals surface area contributed by atoms with E-state index < -0.39 is 0 Å². The molecule has 1 N–H and O–H groups in total. The van der Waals surface area contributed by atoms with Crippen molar-refractivity contribution in [1.82, 2.24) is 20.0 Å². The van der Waals surface area contributed by atoms with E-state index in [4.69, 9.17) is 9.47 Å². The van der Waals surface area contributed by atoms with E-state index in [1.54, 1.807) is 14.2 Å². The lowest BCUT2D eigenvalue weighted by Gasteiger charge is -2.25. The van der Waals surface area contributed by atoms with Crippen LogP contribution in [0.5, 0.6) is 11.5 Å². The lowest BCUT2D eigenvalue weighted by Crippen LogP contribution is -2.35. The van der Waals surface area contributed by atoms with Gasteiger partial charge in [-0.3, -0.25) is 9.48 Å². The van der Waals surface area contributed by atoms with Crippen molar-refractivity contribution in [2.24, 2.45) is 7.05 Å². The van der Waals surface area contributed by atoms with Crippen molar-refractivity contribution < 1.29 is 14.3 Å². The number of amides is 1. The summed E-state index contributed by atoms with van der Waals surface area (Å²) in [6.07, 6.45) is 4.98. The second-order valence-corrected chi connectivity index (χ2v) is 7.90. The Hall–Kier alpha value is -2.54. The van der Waals surface area contributed by atoms with Gasteiger partial charge in [-0.25, -0.2) is 0 Å². The Kier molecular flexibility index (Phi) is 5.76. The first-order valence-corrected chi connectivity index (χ1v) is 10.4. The number of aromatic nitrogens is 2. The van der Waals surface area contributed by atoms with Gasteiger partial charge in [0.05, 0.1) is 14.2 Å². The van der Waals surface area contributed by atoms with Crippen molar-refractivity contribution in [1.29, 1.82) is 0 Å². The lowest BCUT2D eigenvalue weighted by atomic mass is 9.91. The third-order valence-corrected chi connectivity index (χ3v) is 6.13. The first-order chi connectivity index (χ1) is 14.1. The minimum absolute atomic E-state index is 0.0943. The molecule has 1 aliphatic carbocycles. The van der Waals surface area contributed by atoms with Crippen LogP contribution in [0.3, 0.4) is 0 Å². The highest BCUT2D eigenvalue weighted by Crippen LogP contribution is 2.28. The molecule has 2 aliphatic rings. The zero-order valence-corrected chi connectivity index (χ0v) is 17.5.